The molecule has 0 aliphatic heterocycles. The SMILES string of the molecule is Clc1c2ccccc2nc2c(CBr)cccc12. The van der Waals surface area contributed by atoms with Crippen molar-refractivity contribution in [3.8, 4) is 0 Å². The van der Waals surface area contributed by atoms with E-state index in [0.717, 1.165) is 37.7 Å². The molecule has 0 saturated carbocycles. The molecule has 0 spiro atoms. The third-order valence-corrected chi connectivity index (χ3v) is 3.88. The highest BCUT2D eigenvalue weighted by Crippen LogP contribution is 2.32. The first-order valence-corrected chi connectivity index (χ1v) is 6.83. The van der Waals surface area contributed by atoms with Gasteiger partial charge in [0.05, 0.1) is 16.1 Å². The van der Waals surface area contributed by atoms with Crippen molar-refractivity contribution in [1.29, 1.82) is 0 Å². The summed E-state index contributed by atoms with van der Waals surface area (Å²) >= 11 is 9.93. The van der Waals surface area contributed by atoms with E-state index in [9.17, 15) is 0 Å². The van der Waals surface area contributed by atoms with Gasteiger partial charge in [-0.3, -0.25) is 0 Å². The van der Waals surface area contributed by atoms with Crippen LogP contribution in [0.25, 0.3) is 21.8 Å². The lowest BCUT2D eigenvalue weighted by Crippen LogP contribution is -1.89. The van der Waals surface area contributed by atoms with Gasteiger partial charge in [-0.25, -0.2) is 4.98 Å². The summed E-state index contributed by atoms with van der Waals surface area (Å²) in [5.74, 6) is 0. The quantitative estimate of drug-likeness (QED) is 0.458. The Kier molecular flexibility index (Phi) is 2.77. The molecule has 17 heavy (non-hydrogen) atoms. The maximum absolute atomic E-state index is 6.45. The van der Waals surface area contributed by atoms with E-state index in [2.05, 4.69) is 22.0 Å². The monoisotopic (exact) mass is 305 g/mol. The van der Waals surface area contributed by atoms with Crippen molar-refractivity contribution in [3.05, 3.63) is 53.1 Å². The lowest BCUT2D eigenvalue weighted by molar-refractivity contribution is 1.40. The summed E-state index contributed by atoms with van der Waals surface area (Å²) in [4.78, 5) is 4.69. The molecule has 0 saturated heterocycles. The van der Waals surface area contributed by atoms with Crippen molar-refractivity contribution >= 4 is 49.3 Å². The molecule has 3 aromatic rings. The van der Waals surface area contributed by atoms with Gasteiger partial charge in [-0.15, -0.1) is 0 Å². The molecule has 0 bridgehead atoms. The molecule has 0 aliphatic rings. The molecule has 84 valence electrons. The zero-order valence-corrected chi connectivity index (χ0v) is 11.3. The van der Waals surface area contributed by atoms with Gasteiger partial charge in [-0.2, -0.15) is 0 Å². The molecular formula is C14H9BrClN. The smallest absolute Gasteiger partial charge is 0.0765 e. The number of hydrogen-bond acceptors (Lipinski definition) is 1. The van der Waals surface area contributed by atoms with Crippen molar-refractivity contribution in [2.75, 3.05) is 0 Å². The topological polar surface area (TPSA) is 12.9 Å². The normalized spacial score (nSPS) is 11.2. The van der Waals surface area contributed by atoms with Crippen LogP contribution in [0.5, 0.6) is 0 Å². The number of fused-ring (bicyclic) bond motifs is 2. The van der Waals surface area contributed by atoms with Crippen LogP contribution in [0.1, 0.15) is 5.56 Å². The van der Waals surface area contributed by atoms with Gasteiger partial charge in [0.2, 0.25) is 0 Å². The number of rotatable bonds is 1. The summed E-state index contributed by atoms with van der Waals surface area (Å²) < 4.78 is 0. The molecular weight excluding hydrogens is 298 g/mol. The van der Waals surface area contributed by atoms with Crippen LogP contribution in [0.2, 0.25) is 5.02 Å². The Morgan fingerprint density at radius 1 is 1.00 bits per heavy atom. The average Bonchev–Trinajstić information content (AvgIpc) is 2.38. The van der Waals surface area contributed by atoms with Crippen LogP contribution in [-0.2, 0) is 5.33 Å². The minimum absolute atomic E-state index is 0.784. The molecule has 0 radical (unpaired) electrons. The molecule has 0 amide bonds. The third-order valence-electron chi connectivity index (χ3n) is 2.87. The summed E-state index contributed by atoms with van der Waals surface area (Å²) in [5.41, 5.74) is 3.08. The first-order valence-electron chi connectivity index (χ1n) is 5.33. The summed E-state index contributed by atoms with van der Waals surface area (Å²) in [5, 5.41) is 3.59. The number of halogens is 2. The van der Waals surface area contributed by atoms with Crippen molar-refractivity contribution in [1.82, 2.24) is 4.98 Å². The van der Waals surface area contributed by atoms with Crippen LogP contribution in [0.15, 0.2) is 42.5 Å². The van der Waals surface area contributed by atoms with Crippen LogP contribution in [0.3, 0.4) is 0 Å². The molecule has 2 aromatic carbocycles. The van der Waals surface area contributed by atoms with E-state index in [1.54, 1.807) is 0 Å². The second-order valence-corrected chi connectivity index (χ2v) is 4.83. The Bertz CT molecular complexity index is 709. The van der Waals surface area contributed by atoms with Crippen molar-refractivity contribution < 1.29 is 0 Å². The summed E-state index contributed by atoms with van der Waals surface area (Å²) in [6.07, 6.45) is 0. The van der Waals surface area contributed by atoms with Crippen molar-refractivity contribution in [3.63, 3.8) is 0 Å². The van der Waals surface area contributed by atoms with E-state index in [-0.39, 0.29) is 0 Å². The molecule has 0 N–H and O–H groups in total. The number of nitrogens with zero attached hydrogens (tertiary/aromatic N) is 1. The Labute approximate surface area is 113 Å². The Morgan fingerprint density at radius 3 is 2.59 bits per heavy atom. The molecule has 1 nitrogen and oxygen atoms in total. The highest BCUT2D eigenvalue weighted by molar-refractivity contribution is 9.08. The first kappa shape index (κ1) is 11.0. The van der Waals surface area contributed by atoms with E-state index in [1.165, 1.54) is 0 Å². The van der Waals surface area contributed by atoms with Gasteiger partial charge in [0.15, 0.2) is 0 Å². The molecule has 0 fully saturated rings. The van der Waals surface area contributed by atoms with E-state index >= 15 is 0 Å². The number of benzene rings is 2. The molecule has 3 rings (SSSR count). The largest absolute Gasteiger partial charge is 0.247 e. The van der Waals surface area contributed by atoms with Gasteiger partial charge in [0.1, 0.15) is 0 Å². The van der Waals surface area contributed by atoms with Gasteiger partial charge >= 0.3 is 0 Å². The van der Waals surface area contributed by atoms with Gasteiger partial charge in [0.25, 0.3) is 0 Å². The third kappa shape index (κ3) is 1.72. The van der Waals surface area contributed by atoms with Crippen LogP contribution in [0.4, 0.5) is 0 Å². The van der Waals surface area contributed by atoms with E-state index in [0.29, 0.717) is 0 Å². The van der Waals surface area contributed by atoms with E-state index in [4.69, 9.17) is 16.6 Å². The summed E-state index contributed by atoms with van der Waals surface area (Å²) in [7, 11) is 0. The fourth-order valence-electron chi connectivity index (χ4n) is 2.03. The molecule has 1 heterocycles. The Balaban J connectivity index is 2.54. The molecule has 0 atom stereocenters. The highest BCUT2D eigenvalue weighted by atomic mass is 79.9. The van der Waals surface area contributed by atoms with Crippen molar-refractivity contribution in [2.24, 2.45) is 0 Å². The minimum atomic E-state index is 0.784. The molecule has 1 aromatic heterocycles. The Hall–Kier alpha value is -1.12. The van der Waals surface area contributed by atoms with Crippen molar-refractivity contribution in [2.45, 2.75) is 5.33 Å². The van der Waals surface area contributed by atoms with E-state index in [1.807, 2.05) is 36.4 Å². The average molecular weight is 307 g/mol. The van der Waals surface area contributed by atoms with Gasteiger partial charge < -0.3 is 0 Å². The van der Waals surface area contributed by atoms with Gasteiger partial charge in [0, 0.05) is 16.1 Å². The van der Waals surface area contributed by atoms with E-state index < -0.39 is 0 Å². The van der Waals surface area contributed by atoms with Gasteiger partial charge in [-0.1, -0.05) is 63.9 Å². The number of para-hydroxylation sites is 2. The zero-order valence-electron chi connectivity index (χ0n) is 8.95. The summed E-state index contributed by atoms with van der Waals surface area (Å²) in [6.45, 7) is 0. The van der Waals surface area contributed by atoms with Crippen LogP contribution in [-0.4, -0.2) is 4.98 Å². The predicted molar refractivity (Wildman–Crippen MR) is 76.9 cm³/mol. The minimum Gasteiger partial charge on any atom is -0.247 e. The lowest BCUT2D eigenvalue weighted by atomic mass is 10.1. The number of hydrogen-bond donors (Lipinski definition) is 0. The fourth-order valence-corrected chi connectivity index (χ4v) is 2.80. The Morgan fingerprint density at radius 2 is 1.76 bits per heavy atom. The van der Waals surface area contributed by atoms with Gasteiger partial charge in [-0.05, 0) is 11.6 Å². The first-order chi connectivity index (χ1) is 8.31. The zero-order chi connectivity index (χ0) is 11.8. The predicted octanol–water partition coefficient (Wildman–Crippen LogP) is 4.94. The number of aromatic nitrogens is 1. The maximum Gasteiger partial charge on any atom is 0.0765 e. The van der Waals surface area contributed by atoms with Crippen LogP contribution < -0.4 is 0 Å². The number of pyridine rings is 1. The van der Waals surface area contributed by atoms with Crippen LogP contribution in [0, 0.1) is 0 Å². The second kappa shape index (κ2) is 4.28. The number of alkyl halides is 1. The lowest BCUT2D eigenvalue weighted by Gasteiger charge is -2.07. The standard InChI is InChI=1S/C14H9BrClN/c15-8-9-4-3-6-11-13(16)10-5-1-2-7-12(10)17-14(9)11/h1-7H,8H2. The maximum atomic E-state index is 6.45. The highest BCUT2D eigenvalue weighted by Gasteiger charge is 2.08. The second-order valence-electron chi connectivity index (χ2n) is 3.89. The molecule has 0 unspecified atom stereocenters. The summed E-state index contributed by atoms with van der Waals surface area (Å²) in [6, 6.07) is 14.1. The fraction of sp³-hybridized carbons (Fsp3) is 0.0714. The molecule has 3 heteroatoms. The van der Waals surface area contributed by atoms with Crippen LogP contribution >= 0.6 is 27.5 Å². The molecule has 0 aliphatic carbocycles.